The molecule has 0 aliphatic heterocycles. The van der Waals surface area contributed by atoms with Crippen molar-refractivity contribution in [2.45, 2.75) is 49.3 Å². The number of nitrogens with zero attached hydrogens (tertiary/aromatic N) is 3. The van der Waals surface area contributed by atoms with Crippen LogP contribution in [0.15, 0.2) is 65.6 Å². The number of aromatic nitrogens is 3. The second-order valence-corrected chi connectivity index (χ2v) is 12.9. The fraction of sp³-hybridized carbons (Fsp3) is 0.276. The van der Waals surface area contributed by atoms with Crippen LogP contribution in [0.4, 0.5) is 22.7 Å². The Balaban J connectivity index is 1.29. The molecule has 2 aromatic carbocycles. The van der Waals surface area contributed by atoms with Crippen LogP contribution < -0.4 is 20.5 Å². The highest BCUT2D eigenvalue weighted by molar-refractivity contribution is 7.89. The molecule has 2 heterocycles. The summed E-state index contributed by atoms with van der Waals surface area (Å²) >= 11 is 1.18. The summed E-state index contributed by atoms with van der Waals surface area (Å²) in [7, 11) is -2.35. The predicted octanol–water partition coefficient (Wildman–Crippen LogP) is 4.24. The van der Waals surface area contributed by atoms with E-state index < -0.39 is 45.8 Å². The van der Waals surface area contributed by atoms with Crippen LogP contribution in [-0.4, -0.2) is 48.8 Å². The Morgan fingerprint density at radius 3 is 2.46 bits per heavy atom. The molecule has 17 heteroatoms. The van der Waals surface area contributed by atoms with Gasteiger partial charge in [-0.05, 0) is 67.8 Å². The number of alkyl halides is 3. The van der Waals surface area contributed by atoms with Gasteiger partial charge in [0.05, 0.1) is 17.0 Å². The maximum Gasteiger partial charge on any atom is 0.573 e. The number of benzene rings is 2. The van der Waals surface area contributed by atoms with Crippen LogP contribution in [0.3, 0.4) is 0 Å². The average molecular weight is 681 g/mol. The summed E-state index contributed by atoms with van der Waals surface area (Å²) in [6.45, 7) is 0. The summed E-state index contributed by atoms with van der Waals surface area (Å²) in [6, 6.07) is 13.6. The van der Waals surface area contributed by atoms with E-state index in [0.29, 0.717) is 36.3 Å². The van der Waals surface area contributed by atoms with Gasteiger partial charge in [0.1, 0.15) is 16.7 Å². The lowest BCUT2D eigenvalue weighted by molar-refractivity contribution is -0.274. The van der Waals surface area contributed by atoms with Crippen LogP contribution in [0.25, 0.3) is 0 Å². The molecule has 0 saturated heterocycles. The number of sulfonamides is 1. The van der Waals surface area contributed by atoms with Crippen LogP contribution in [0.1, 0.15) is 46.2 Å². The van der Waals surface area contributed by atoms with E-state index in [2.05, 4.69) is 30.0 Å². The number of nitrogens with one attached hydrogen (secondary N) is 2. The molecule has 0 aliphatic carbocycles. The normalized spacial score (nSPS) is 12.5. The number of carbonyl (C=O) groups is 2. The zero-order chi connectivity index (χ0) is 33.5. The number of carbonyl (C=O) groups excluding carboxylic acids is 2. The molecule has 11 nitrogen and oxygen atoms in total. The predicted molar refractivity (Wildman–Crippen MR) is 160 cm³/mol. The van der Waals surface area contributed by atoms with Crippen molar-refractivity contribution in [2.24, 2.45) is 5.73 Å². The number of unbranched alkanes of at least 4 members (excludes halogenated alkanes) is 1. The van der Waals surface area contributed by atoms with E-state index in [1.165, 1.54) is 54.8 Å². The number of anilines is 1. The average Bonchev–Trinajstić information content (AvgIpc) is 3.42. The van der Waals surface area contributed by atoms with E-state index in [0.717, 1.165) is 12.1 Å². The van der Waals surface area contributed by atoms with Gasteiger partial charge in [0, 0.05) is 12.0 Å². The van der Waals surface area contributed by atoms with Crippen LogP contribution in [-0.2, 0) is 38.9 Å². The zero-order valence-electron chi connectivity index (χ0n) is 24.2. The molecule has 4 aromatic rings. The van der Waals surface area contributed by atoms with Crippen molar-refractivity contribution < 1.29 is 40.3 Å². The first kappa shape index (κ1) is 34.4. The fourth-order valence-electron chi connectivity index (χ4n) is 4.48. The summed E-state index contributed by atoms with van der Waals surface area (Å²) in [4.78, 5) is 28.6. The Kier molecular flexibility index (Phi) is 11.0. The van der Waals surface area contributed by atoms with Crippen molar-refractivity contribution >= 4 is 38.3 Å². The smallest absolute Gasteiger partial charge is 0.406 e. The summed E-state index contributed by atoms with van der Waals surface area (Å²) in [5.41, 5.74) is 6.27. The highest BCUT2D eigenvalue weighted by Gasteiger charge is 2.32. The quantitative estimate of drug-likeness (QED) is 0.101. The van der Waals surface area contributed by atoms with Crippen LogP contribution in [0, 0.1) is 5.95 Å². The molecule has 4 N–H and O–H groups in total. The monoisotopic (exact) mass is 680 g/mol. The Morgan fingerprint density at radius 2 is 1.76 bits per heavy atom. The lowest BCUT2D eigenvalue weighted by atomic mass is 9.93. The number of primary amides is 1. The van der Waals surface area contributed by atoms with Crippen molar-refractivity contribution in [3.05, 3.63) is 94.0 Å². The number of ether oxygens (including phenoxy) is 1. The largest absolute Gasteiger partial charge is 0.573 e. The molecular formula is C29H28F4N6O5S2. The van der Waals surface area contributed by atoms with Gasteiger partial charge in [-0.25, -0.2) is 18.1 Å². The van der Waals surface area contributed by atoms with E-state index >= 15 is 0 Å². The van der Waals surface area contributed by atoms with Gasteiger partial charge in [0.25, 0.3) is 0 Å². The fourth-order valence-corrected chi connectivity index (χ4v) is 6.08. The minimum atomic E-state index is -4.93. The van der Waals surface area contributed by atoms with Crippen molar-refractivity contribution in [3.63, 3.8) is 0 Å². The first-order valence-electron chi connectivity index (χ1n) is 13.7. The Bertz CT molecular complexity index is 1820. The lowest BCUT2D eigenvalue weighted by Crippen LogP contribution is -2.24. The zero-order valence-corrected chi connectivity index (χ0v) is 25.8. The third-order valence-corrected chi connectivity index (χ3v) is 8.91. The minimum absolute atomic E-state index is 0.0455. The van der Waals surface area contributed by atoms with Crippen molar-refractivity contribution in [1.82, 2.24) is 19.9 Å². The lowest BCUT2D eigenvalue weighted by Gasteiger charge is -2.16. The SMILES string of the molecule is CNS(=O)(=O)c1cccc(CC(=O)Nc2nnc(CCCCc3ccc(C(C(N)=O)c4cccc(OC(F)(F)F)c4)nc3F)s2)c1. The second-order valence-electron chi connectivity index (χ2n) is 9.93. The van der Waals surface area contributed by atoms with Crippen molar-refractivity contribution in [2.75, 3.05) is 12.4 Å². The van der Waals surface area contributed by atoms with Gasteiger partial charge in [0.15, 0.2) is 0 Å². The number of nitrogens with two attached hydrogens (primary N) is 1. The second kappa shape index (κ2) is 14.7. The number of aryl methyl sites for hydroxylation is 2. The summed E-state index contributed by atoms with van der Waals surface area (Å²) in [6.07, 6.45) is -3.05. The van der Waals surface area contributed by atoms with E-state index in [-0.39, 0.29) is 33.3 Å². The van der Waals surface area contributed by atoms with Gasteiger partial charge in [-0.3, -0.25) is 9.59 Å². The third-order valence-electron chi connectivity index (χ3n) is 6.59. The van der Waals surface area contributed by atoms with Crippen LogP contribution in [0.5, 0.6) is 5.75 Å². The van der Waals surface area contributed by atoms with E-state index in [4.69, 9.17) is 5.73 Å². The van der Waals surface area contributed by atoms with Gasteiger partial charge in [-0.15, -0.1) is 23.4 Å². The molecule has 0 fully saturated rings. The molecule has 4 rings (SSSR count). The van der Waals surface area contributed by atoms with Gasteiger partial charge in [-0.1, -0.05) is 41.7 Å². The maximum absolute atomic E-state index is 14.9. The molecule has 0 saturated carbocycles. The molecular weight excluding hydrogens is 652 g/mol. The molecule has 244 valence electrons. The summed E-state index contributed by atoms with van der Waals surface area (Å²) in [5, 5.41) is 11.6. The topological polar surface area (TPSA) is 166 Å². The Labute approximate surface area is 265 Å². The molecule has 0 aliphatic rings. The number of hydrogen-bond donors (Lipinski definition) is 3. The number of pyridine rings is 1. The molecule has 1 unspecified atom stereocenters. The standard InChI is InChI=1S/C29H28F4N6O5S2/c1-35-46(42,43)21-10-4-6-17(14-21)15-23(40)37-28-39-38-24(45-28)11-3-2-7-18-12-13-22(36-26(18)30)25(27(34)41)19-8-5-9-20(16-19)44-29(31,32)33/h4-6,8-10,12-14,16,25,35H,2-3,7,11,15H2,1H3,(H2,34,41)(H,37,39,40). The first-order chi connectivity index (χ1) is 21.7. The number of hydrogen-bond acceptors (Lipinski definition) is 9. The minimum Gasteiger partial charge on any atom is -0.406 e. The van der Waals surface area contributed by atoms with E-state index in [9.17, 15) is 35.6 Å². The van der Waals surface area contributed by atoms with Gasteiger partial charge >= 0.3 is 6.36 Å². The first-order valence-corrected chi connectivity index (χ1v) is 16.0. The molecule has 0 spiro atoms. The highest BCUT2D eigenvalue weighted by Crippen LogP contribution is 2.30. The molecule has 2 aromatic heterocycles. The molecule has 0 bridgehead atoms. The van der Waals surface area contributed by atoms with Gasteiger partial charge in [0.2, 0.25) is 32.9 Å². The summed E-state index contributed by atoms with van der Waals surface area (Å²) < 4.78 is 82.9. The number of rotatable bonds is 14. The van der Waals surface area contributed by atoms with Gasteiger partial charge in [-0.2, -0.15) is 4.39 Å². The molecule has 2 amide bonds. The van der Waals surface area contributed by atoms with Crippen LogP contribution >= 0.6 is 11.3 Å². The summed E-state index contributed by atoms with van der Waals surface area (Å²) in [5.74, 6) is -4.00. The number of halogens is 4. The third kappa shape index (κ3) is 9.51. The number of amides is 2. The van der Waals surface area contributed by atoms with E-state index in [1.807, 2.05) is 0 Å². The molecule has 1 atom stereocenters. The van der Waals surface area contributed by atoms with E-state index in [1.54, 1.807) is 12.1 Å². The van der Waals surface area contributed by atoms with Crippen molar-refractivity contribution in [1.29, 1.82) is 0 Å². The van der Waals surface area contributed by atoms with Crippen molar-refractivity contribution in [3.8, 4) is 5.75 Å². The molecule has 46 heavy (non-hydrogen) atoms. The molecule has 0 radical (unpaired) electrons. The highest BCUT2D eigenvalue weighted by atomic mass is 32.2. The maximum atomic E-state index is 14.9. The Morgan fingerprint density at radius 1 is 1.02 bits per heavy atom. The van der Waals surface area contributed by atoms with Crippen LogP contribution in [0.2, 0.25) is 0 Å². The van der Waals surface area contributed by atoms with Gasteiger partial charge < -0.3 is 15.8 Å². The Hall–Kier alpha value is -4.48.